The molecule has 0 aromatic carbocycles. The summed E-state index contributed by atoms with van der Waals surface area (Å²) < 4.78 is 21.0. The topological polar surface area (TPSA) is 42.0 Å². The molecule has 0 saturated carbocycles. The van der Waals surface area contributed by atoms with Gasteiger partial charge in [-0.25, -0.2) is 4.98 Å². The lowest BCUT2D eigenvalue weighted by Gasteiger charge is -1.97. The van der Waals surface area contributed by atoms with Crippen LogP contribution in [-0.2, 0) is 0 Å². The van der Waals surface area contributed by atoms with Gasteiger partial charge >= 0.3 is 0 Å². The number of rotatable bonds is 1. The third-order valence-corrected chi connectivity index (χ3v) is 1.50. The summed E-state index contributed by atoms with van der Waals surface area (Å²) >= 11 is 3.08. The van der Waals surface area contributed by atoms with E-state index in [1.54, 1.807) is 12.1 Å². The van der Waals surface area contributed by atoms with Gasteiger partial charge < -0.3 is 5.32 Å². The molecular formula is C7H7BrN2O. The molecule has 1 aromatic rings. The van der Waals surface area contributed by atoms with Crippen molar-refractivity contribution in [2.75, 3.05) is 6.98 Å². The Balaban J connectivity index is 2.80. The Morgan fingerprint density at radius 2 is 2.64 bits per heavy atom. The van der Waals surface area contributed by atoms with Crippen molar-refractivity contribution < 1.29 is 8.91 Å². The van der Waals surface area contributed by atoms with Gasteiger partial charge in [-0.15, -0.1) is 0 Å². The predicted molar refractivity (Wildman–Crippen MR) is 45.3 cm³/mol. The molecule has 1 heterocycles. The Hall–Kier alpha value is -0.900. The lowest BCUT2D eigenvalue weighted by atomic mass is 10.3. The largest absolute Gasteiger partial charge is 0.354 e. The van der Waals surface area contributed by atoms with E-state index in [9.17, 15) is 4.79 Å². The van der Waals surface area contributed by atoms with Crippen LogP contribution in [0.25, 0.3) is 0 Å². The maximum absolute atomic E-state index is 11.3. The van der Waals surface area contributed by atoms with Gasteiger partial charge in [0.15, 0.2) is 0 Å². The second-order valence-corrected chi connectivity index (χ2v) is 2.61. The minimum atomic E-state index is -2.49. The second kappa shape index (κ2) is 3.48. The molecule has 4 heteroatoms. The minimum Gasteiger partial charge on any atom is -0.354 e. The Morgan fingerprint density at radius 3 is 3.27 bits per heavy atom. The van der Waals surface area contributed by atoms with Crippen LogP contribution in [0.2, 0.25) is 0 Å². The van der Waals surface area contributed by atoms with Crippen LogP contribution in [0, 0.1) is 0 Å². The first-order valence-electron chi connectivity index (χ1n) is 4.33. The van der Waals surface area contributed by atoms with Crippen LogP contribution in [-0.4, -0.2) is 17.9 Å². The average Bonchev–Trinajstić information content (AvgIpc) is 2.01. The molecule has 0 unspecified atom stereocenters. The van der Waals surface area contributed by atoms with E-state index in [0.717, 1.165) is 0 Å². The molecule has 0 aliphatic heterocycles. The fraction of sp³-hybridized carbons (Fsp3) is 0.143. The summed E-state index contributed by atoms with van der Waals surface area (Å²) in [7, 11) is 0. The van der Waals surface area contributed by atoms with Crippen LogP contribution in [0.3, 0.4) is 0 Å². The normalized spacial score (nSPS) is 14.5. The third-order valence-electron chi connectivity index (χ3n) is 1.06. The predicted octanol–water partition coefficient (Wildman–Crippen LogP) is 1.20. The summed E-state index contributed by atoms with van der Waals surface area (Å²) in [4.78, 5) is 15.1. The van der Waals surface area contributed by atoms with Crippen LogP contribution in [0.15, 0.2) is 22.8 Å². The highest BCUT2D eigenvalue weighted by molar-refractivity contribution is 9.10. The van der Waals surface area contributed by atoms with Crippen molar-refractivity contribution in [3.05, 3.63) is 28.5 Å². The molecule has 1 N–H and O–H groups in total. The molecule has 1 amide bonds. The summed E-state index contributed by atoms with van der Waals surface area (Å²) in [6.45, 7) is -2.49. The zero-order valence-corrected chi connectivity index (χ0v) is 7.05. The molecular weight excluding hydrogens is 208 g/mol. The number of amides is 1. The molecule has 1 aromatic heterocycles. The van der Waals surface area contributed by atoms with Crippen LogP contribution in [0.1, 0.15) is 14.6 Å². The first kappa shape index (κ1) is 4.87. The van der Waals surface area contributed by atoms with E-state index in [2.05, 4.69) is 20.9 Å². The first-order valence-corrected chi connectivity index (χ1v) is 3.63. The van der Waals surface area contributed by atoms with Gasteiger partial charge in [0.1, 0.15) is 10.3 Å². The summed E-state index contributed by atoms with van der Waals surface area (Å²) in [6, 6.07) is 4.68. The summed E-state index contributed by atoms with van der Waals surface area (Å²) in [5.74, 6) is -0.716. The number of aromatic nitrogens is 1. The zero-order chi connectivity index (χ0) is 10.8. The maximum Gasteiger partial charge on any atom is 0.269 e. The minimum absolute atomic E-state index is 0.0653. The SMILES string of the molecule is [2H]C([2H])([2H])NC(=O)c1cccc(Br)n1. The van der Waals surface area contributed by atoms with Gasteiger partial charge in [-0.3, -0.25) is 4.79 Å². The Bertz CT molecular complexity index is 353. The molecule has 0 fully saturated rings. The van der Waals surface area contributed by atoms with Crippen molar-refractivity contribution in [2.45, 2.75) is 0 Å². The standard InChI is InChI=1S/C7H7BrN2O/c1-9-7(11)5-3-2-4-6(8)10-5/h2-4H,1H3,(H,9,11)/i1D3. The number of pyridine rings is 1. The van der Waals surface area contributed by atoms with Crippen molar-refractivity contribution in [3.8, 4) is 0 Å². The van der Waals surface area contributed by atoms with Gasteiger partial charge in [0, 0.05) is 11.1 Å². The van der Waals surface area contributed by atoms with Crippen molar-refractivity contribution in [1.82, 2.24) is 10.3 Å². The number of carbonyl (C=O) groups is 1. The van der Waals surface area contributed by atoms with E-state index in [1.165, 1.54) is 6.07 Å². The van der Waals surface area contributed by atoms with Crippen LogP contribution < -0.4 is 5.32 Å². The summed E-state index contributed by atoms with van der Waals surface area (Å²) in [6.07, 6.45) is 0. The van der Waals surface area contributed by atoms with Crippen molar-refractivity contribution in [1.29, 1.82) is 0 Å². The summed E-state index contributed by atoms with van der Waals surface area (Å²) in [5.41, 5.74) is 0.0653. The molecule has 11 heavy (non-hydrogen) atoms. The Morgan fingerprint density at radius 1 is 1.82 bits per heavy atom. The molecule has 0 aliphatic carbocycles. The van der Waals surface area contributed by atoms with E-state index in [4.69, 9.17) is 4.11 Å². The van der Waals surface area contributed by atoms with Gasteiger partial charge in [-0.2, -0.15) is 0 Å². The van der Waals surface area contributed by atoms with Crippen LogP contribution in [0.4, 0.5) is 0 Å². The van der Waals surface area contributed by atoms with E-state index in [1.807, 2.05) is 5.32 Å². The molecule has 0 spiro atoms. The van der Waals surface area contributed by atoms with Crippen LogP contribution >= 0.6 is 15.9 Å². The van der Waals surface area contributed by atoms with Gasteiger partial charge in [-0.05, 0) is 28.1 Å². The van der Waals surface area contributed by atoms with E-state index >= 15 is 0 Å². The molecule has 1 rings (SSSR count). The highest BCUT2D eigenvalue weighted by Crippen LogP contribution is 2.05. The van der Waals surface area contributed by atoms with E-state index < -0.39 is 12.9 Å². The quantitative estimate of drug-likeness (QED) is 0.719. The van der Waals surface area contributed by atoms with Gasteiger partial charge in [0.2, 0.25) is 0 Å². The molecule has 0 saturated heterocycles. The number of nitrogens with one attached hydrogen (secondary N) is 1. The third kappa shape index (κ3) is 2.01. The highest BCUT2D eigenvalue weighted by atomic mass is 79.9. The first-order chi connectivity index (χ1) is 6.38. The molecule has 3 nitrogen and oxygen atoms in total. The van der Waals surface area contributed by atoms with E-state index in [0.29, 0.717) is 4.60 Å². The molecule has 0 atom stereocenters. The van der Waals surface area contributed by atoms with Gasteiger partial charge in [-0.1, -0.05) is 6.07 Å². The molecule has 0 aliphatic rings. The average molecular weight is 218 g/mol. The summed E-state index contributed by atoms with van der Waals surface area (Å²) in [5, 5.41) is 1.84. The van der Waals surface area contributed by atoms with Crippen molar-refractivity contribution in [3.63, 3.8) is 0 Å². The number of halogens is 1. The lowest BCUT2D eigenvalue weighted by Crippen LogP contribution is -2.18. The molecule has 0 radical (unpaired) electrons. The number of carbonyl (C=O) groups excluding carboxylic acids is 1. The zero-order valence-electron chi connectivity index (χ0n) is 8.47. The monoisotopic (exact) mass is 217 g/mol. The highest BCUT2D eigenvalue weighted by Gasteiger charge is 2.02. The maximum atomic E-state index is 11.3. The lowest BCUT2D eigenvalue weighted by molar-refractivity contribution is 0.0958. The fourth-order valence-electron chi connectivity index (χ4n) is 0.599. The second-order valence-electron chi connectivity index (χ2n) is 1.80. The van der Waals surface area contributed by atoms with E-state index in [-0.39, 0.29) is 5.69 Å². The number of nitrogens with zero attached hydrogens (tertiary/aromatic N) is 1. The van der Waals surface area contributed by atoms with Crippen molar-refractivity contribution in [2.24, 2.45) is 0 Å². The van der Waals surface area contributed by atoms with Crippen LogP contribution in [0.5, 0.6) is 0 Å². The molecule has 58 valence electrons. The van der Waals surface area contributed by atoms with Crippen molar-refractivity contribution >= 4 is 21.8 Å². The number of hydrogen-bond donors (Lipinski definition) is 1. The Kier molecular flexibility index (Phi) is 1.54. The molecule has 0 bridgehead atoms. The fourth-order valence-corrected chi connectivity index (χ4v) is 0.942. The smallest absolute Gasteiger partial charge is 0.269 e. The number of hydrogen-bond acceptors (Lipinski definition) is 2. The Labute approximate surface area is 77.2 Å². The van der Waals surface area contributed by atoms with Gasteiger partial charge in [0.05, 0.1) is 0 Å². The van der Waals surface area contributed by atoms with Gasteiger partial charge in [0.25, 0.3) is 5.91 Å².